The first-order chi connectivity index (χ1) is 12.7. The summed E-state index contributed by atoms with van der Waals surface area (Å²) in [4.78, 5) is 0. The Morgan fingerprint density at radius 3 is 1.77 bits per heavy atom. The molecule has 0 heterocycles. The second kappa shape index (κ2) is 15.2. The van der Waals surface area contributed by atoms with Gasteiger partial charge in [0.2, 0.25) is 0 Å². The molecule has 0 saturated carbocycles. The summed E-state index contributed by atoms with van der Waals surface area (Å²) < 4.78 is 34.8. The molecule has 0 aromatic heterocycles. The number of rotatable bonds is 17. The molecule has 0 aliphatic heterocycles. The maximum atomic E-state index is 12.8. The second-order valence-corrected chi connectivity index (χ2v) is 7.90. The van der Waals surface area contributed by atoms with Crippen molar-refractivity contribution in [1.29, 1.82) is 0 Å². The number of hydrogen-bond donors (Lipinski definition) is 0. The molecule has 0 N–H and O–H groups in total. The molecule has 0 aliphatic carbocycles. The van der Waals surface area contributed by atoms with Crippen LogP contribution in [-0.4, -0.2) is 26.4 Å². The minimum atomic E-state index is -3.52. The van der Waals surface area contributed by atoms with Gasteiger partial charge in [-0.25, -0.2) is 4.57 Å². The lowest BCUT2D eigenvalue weighted by molar-refractivity contribution is 0.0973. The smallest absolute Gasteiger partial charge is 0.474 e. The molecular formula is C20H35O5P. The van der Waals surface area contributed by atoms with E-state index in [4.69, 9.17) is 18.3 Å². The maximum Gasteiger partial charge on any atom is 0.474 e. The van der Waals surface area contributed by atoms with E-state index in [9.17, 15) is 4.57 Å². The topological polar surface area (TPSA) is 54.0 Å². The number of unbranched alkanes of at least 4 members (excludes halogenated alkanes) is 6. The highest BCUT2D eigenvalue weighted by molar-refractivity contribution is 7.48. The molecule has 0 unspecified atom stereocenters. The molecule has 0 fully saturated rings. The van der Waals surface area contributed by atoms with Crippen molar-refractivity contribution in [3.8, 4) is 5.75 Å². The Hall–Kier alpha value is -0.870. The Balaban J connectivity index is 2.33. The van der Waals surface area contributed by atoms with Crippen LogP contribution in [0.1, 0.15) is 65.2 Å². The number of benzene rings is 1. The van der Waals surface area contributed by atoms with Gasteiger partial charge < -0.3 is 4.74 Å². The molecule has 1 aromatic rings. The Kier molecular flexibility index (Phi) is 13.6. The first-order valence-corrected chi connectivity index (χ1v) is 11.4. The molecule has 0 radical (unpaired) electrons. The second-order valence-electron chi connectivity index (χ2n) is 6.23. The fraction of sp³-hybridized carbons (Fsp3) is 0.700. The summed E-state index contributed by atoms with van der Waals surface area (Å²) in [6.07, 6.45) is 8.45. The van der Waals surface area contributed by atoms with Gasteiger partial charge in [-0.3, -0.25) is 13.6 Å². The molecule has 0 saturated heterocycles. The molecule has 0 atom stereocenters. The molecule has 6 heteroatoms. The van der Waals surface area contributed by atoms with Crippen LogP contribution in [0.15, 0.2) is 30.3 Å². The van der Waals surface area contributed by atoms with Gasteiger partial charge in [0.25, 0.3) is 0 Å². The zero-order chi connectivity index (χ0) is 18.9. The van der Waals surface area contributed by atoms with Crippen LogP contribution in [0.5, 0.6) is 5.75 Å². The van der Waals surface area contributed by atoms with Gasteiger partial charge in [0, 0.05) is 0 Å². The lowest BCUT2D eigenvalue weighted by Gasteiger charge is -2.18. The number of hydrogen-bond acceptors (Lipinski definition) is 5. The predicted molar refractivity (Wildman–Crippen MR) is 106 cm³/mol. The molecule has 0 spiro atoms. The van der Waals surface area contributed by atoms with Gasteiger partial charge in [0.1, 0.15) is 12.4 Å². The number of ether oxygens (including phenoxy) is 1. The van der Waals surface area contributed by atoms with Crippen LogP contribution in [0, 0.1) is 0 Å². The minimum absolute atomic E-state index is 0.163. The van der Waals surface area contributed by atoms with E-state index in [1.807, 2.05) is 30.3 Å². The third-order valence-electron chi connectivity index (χ3n) is 3.84. The highest BCUT2D eigenvalue weighted by Crippen LogP contribution is 2.49. The number of para-hydroxylation sites is 1. The van der Waals surface area contributed by atoms with E-state index < -0.39 is 7.82 Å². The summed E-state index contributed by atoms with van der Waals surface area (Å²) in [5, 5.41) is 0. The summed E-state index contributed by atoms with van der Waals surface area (Å²) in [6.45, 7) is 5.56. The van der Waals surface area contributed by atoms with Gasteiger partial charge in [0.15, 0.2) is 0 Å². The third-order valence-corrected chi connectivity index (χ3v) is 5.34. The SMILES string of the molecule is CCCCCCOP(=O)(OCCCCCC)OCCOc1ccccc1. The van der Waals surface area contributed by atoms with Crippen LogP contribution >= 0.6 is 7.82 Å². The van der Waals surface area contributed by atoms with E-state index in [2.05, 4.69) is 13.8 Å². The average molecular weight is 386 g/mol. The summed E-state index contributed by atoms with van der Waals surface area (Å²) in [7, 11) is -3.52. The predicted octanol–water partition coefficient (Wildman–Crippen LogP) is 6.38. The van der Waals surface area contributed by atoms with Crippen LogP contribution in [0.3, 0.4) is 0 Å². The van der Waals surface area contributed by atoms with E-state index >= 15 is 0 Å². The van der Waals surface area contributed by atoms with Crippen molar-refractivity contribution < 1.29 is 22.9 Å². The van der Waals surface area contributed by atoms with Gasteiger partial charge in [-0.05, 0) is 25.0 Å². The van der Waals surface area contributed by atoms with Crippen LogP contribution in [0.25, 0.3) is 0 Å². The van der Waals surface area contributed by atoms with E-state index in [1.54, 1.807) is 0 Å². The molecule has 26 heavy (non-hydrogen) atoms. The van der Waals surface area contributed by atoms with E-state index in [1.165, 1.54) is 0 Å². The van der Waals surface area contributed by atoms with Crippen molar-refractivity contribution >= 4 is 7.82 Å². The molecule has 0 bridgehead atoms. The standard InChI is InChI=1S/C20H35O5P/c1-3-5-7-12-16-23-26(21,24-17-13-8-6-4-2)25-19-18-22-20-14-10-9-11-15-20/h9-11,14-15H,3-8,12-13,16-19H2,1-2H3. The maximum absolute atomic E-state index is 12.8. The Morgan fingerprint density at radius 2 is 1.23 bits per heavy atom. The largest absolute Gasteiger partial charge is 0.491 e. The molecule has 0 aliphatic rings. The third kappa shape index (κ3) is 11.7. The monoisotopic (exact) mass is 386 g/mol. The summed E-state index contributed by atoms with van der Waals surface area (Å²) >= 11 is 0. The van der Waals surface area contributed by atoms with E-state index in [0.29, 0.717) is 19.8 Å². The first kappa shape index (κ1) is 23.2. The van der Waals surface area contributed by atoms with Crippen molar-refractivity contribution in [3.05, 3.63) is 30.3 Å². The molecule has 0 amide bonds. The van der Waals surface area contributed by atoms with Gasteiger partial charge in [-0.2, -0.15) is 0 Å². The molecular weight excluding hydrogens is 351 g/mol. The number of phosphoric acid groups is 1. The fourth-order valence-electron chi connectivity index (χ4n) is 2.35. The number of phosphoric ester groups is 1. The highest BCUT2D eigenvalue weighted by Gasteiger charge is 2.26. The summed E-state index contributed by atoms with van der Waals surface area (Å²) in [5.41, 5.74) is 0. The zero-order valence-corrected chi connectivity index (χ0v) is 17.3. The van der Waals surface area contributed by atoms with Crippen LogP contribution in [0.4, 0.5) is 0 Å². The van der Waals surface area contributed by atoms with E-state index in [0.717, 1.165) is 57.1 Å². The van der Waals surface area contributed by atoms with E-state index in [-0.39, 0.29) is 6.61 Å². The van der Waals surface area contributed by atoms with Crippen molar-refractivity contribution in [2.24, 2.45) is 0 Å². The van der Waals surface area contributed by atoms with Gasteiger partial charge in [0.05, 0.1) is 19.8 Å². The van der Waals surface area contributed by atoms with Gasteiger partial charge >= 0.3 is 7.82 Å². The molecule has 1 aromatic carbocycles. The Labute approximate surface area is 159 Å². The summed E-state index contributed by atoms with van der Waals surface area (Å²) in [6, 6.07) is 9.47. The van der Waals surface area contributed by atoms with Crippen molar-refractivity contribution in [1.82, 2.24) is 0 Å². The normalized spacial score (nSPS) is 11.6. The fourth-order valence-corrected chi connectivity index (χ4v) is 3.57. The quantitative estimate of drug-likeness (QED) is 0.229. The van der Waals surface area contributed by atoms with Crippen molar-refractivity contribution in [3.63, 3.8) is 0 Å². The molecule has 150 valence electrons. The minimum Gasteiger partial charge on any atom is -0.491 e. The van der Waals surface area contributed by atoms with Crippen LogP contribution in [-0.2, 0) is 18.1 Å². The highest BCUT2D eigenvalue weighted by atomic mass is 31.2. The lowest BCUT2D eigenvalue weighted by Crippen LogP contribution is -2.09. The van der Waals surface area contributed by atoms with Crippen LogP contribution < -0.4 is 4.74 Å². The molecule has 1 rings (SSSR count). The van der Waals surface area contributed by atoms with Gasteiger partial charge in [-0.15, -0.1) is 0 Å². The zero-order valence-electron chi connectivity index (χ0n) is 16.4. The van der Waals surface area contributed by atoms with Gasteiger partial charge in [-0.1, -0.05) is 70.6 Å². The van der Waals surface area contributed by atoms with Crippen LogP contribution in [0.2, 0.25) is 0 Å². The summed E-state index contributed by atoms with van der Waals surface area (Å²) in [5.74, 6) is 0.756. The molecule has 5 nitrogen and oxygen atoms in total. The lowest BCUT2D eigenvalue weighted by atomic mass is 10.2. The van der Waals surface area contributed by atoms with Crippen molar-refractivity contribution in [2.45, 2.75) is 65.2 Å². The first-order valence-electron chi connectivity index (χ1n) is 9.91. The Morgan fingerprint density at radius 1 is 0.692 bits per heavy atom. The van der Waals surface area contributed by atoms with Crippen molar-refractivity contribution in [2.75, 3.05) is 26.4 Å². The average Bonchev–Trinajstić information content (AvgIpc) is 2.66. The Bertz CT molecular complexity index is 462.